The molecule has 1 unspecified atom stereocenters. The van der Waals surface area contributed by atoms with Crippen molar-refractivity contribution in [3.8, 4) is 10.6 Å². The van der Waals surface area contributed by atoms with E-state index >= 15 is 0 Å². The summed E-state index contributed by atoms with van der Waals surface area (Å²) in [5, 5.41) is 6.22. The van der Waals surface area contributed by atoms with Crippen LogP contribution < -0.4 is 5.32 Å². The van der Waals surface area contributed by atoms with E-state index in [1.165, 1.54) is 23.0 Å². The summed E-state index contributed by atoms with van der Waals surface area (Å²) >= 11 is 1.50. The smallest absolute Gasteiger partial charge is 0.133 e. The van der Waals surface area contributed by atoms with Crippen molar-refractivity contribution >= 4 is 11.3 Å². The van der Waals surface area contributed by atoms with Gasteiger partial charge in [0.25, 0.3) is 0 Å². The third-order valence-corrected chi connectivity index (χ3v) is 5.37. The number of hydrogen-bond acceptors (Lipinski definition) is 5. The van der Waals surface area contributed by atoms with Gasteiger partial charge in [0.1, 0.15) is 10.8 Å². The van der Waals surface area contributed by atoms with Gasteiger partial charge in [0.05, 0.1) is 5.69 Å². The Labute approximate surface area is 150 Å². The van der Waals surface area contributed by atoms with E-state index < -0.39 is 0 Å². The fourth-order valence-corrected chi connectivity index (χ4v) is 4.02. The molecule has 4 rings (SSSR count). The van der Waals surface area contributed by atoms with E-state index in [0.717, 1.165) is 36.9 Å². The third kappa shape index (κ3) is 3.61. The molecule has 1 aliphatic heterocycles. The van der Waals surface area contributed by atoms with Gasteiger partial charge in [-0.1, -0.05) is 18.2 Å². The Morgan fingerprint density at radius 1 is 1.24 bits per heavy atom. The molecule has 0 bridgehead atoms. The lowest BCUT2D eigenvalue weighted by molar-refractivity contribution is 0.152. The van der Waals surface area contributed by atoms with E-state index in [4.69, 9.17) is 0 Å². The van der Waals surface area contributed by atoms with Crippen LogP contribution in [-0.4, -0.2) is 34.5 Å². The summed E-state index contributed by atoms with van der Waals surface area (Å²) < 4.78 is 14.0. The molecule has 1 saturated heterocycles. The quantitative estimate of drug-likeness (QED) is 0.779. The van der Waals surface area contributed by atoms with Crippen LogP contribution in [-0.2, 0) is 6.54 Å². The Kier molecular flexibility index (Phi) is 4.83. The van der Waals surface area contributed by atoms with Gasteiger partial charge in [-0.05, 0) is 23.8 Å². The largest absolute Gasteiger partial charge is 0.314 e. The Hall–Kier alpha value is -2.15. The summed E-state index contributed by atoms with van der Waals surface area (Å²) in [5.74, 6) is -0.223. The van der Waals surface area contributed by atoms with E-state index in [1.807, 2.05) is 23.7 Å². The molecule has 1 aliphatic rings. The topological polar surface area (TPSA) is 41.1 Å². The maximum Gasteiger partial charge on any atom is 0.133 e. The molecule has 128 valence electrons. The molecule has 25 heavy (non-hydrogen) atoms. The maximum absolute atomic E-state index is 14.0. The number of piperazine rings is 1. The molecule has 1 atom stereocenters. The highest BCUT2D eigenvalue weighted by atomic mass is 32.1. The second-order valence-corrected chi connectivity index (χ2v) is 6.96. The number of nitrogens with one attached hydrogen (secondary N) is 1. The molecule has 0 saturated carbocycles. The summed E-state index contributed by atoms with van der Waals surface area (Å²) in [7, 11) is 0. The van der Waals surface area contributed by atoms with Crippen molar-refractivity contribution in [1.29, 1.82) is 0 Å². The predicted molar refractivity (Wildman–Crippen MR) is 97.8 cm³/mol. The molecule has 4 nitrogen and oxygen atoms in total. The SMILES string of the molecule is Fc1ccccc1-c1nc(CN2CCNCC2c2cccnc2)cs1. The monoisotopic (exact) mass is 354 g/mol. The van der Waals surface area contributed by atoms with Crippen molar-refractivity contribution in [2.24, 2.45) is 0 Å². The van der Waals surface area contributed by atoms with E-state index in [-0.39, 0.29) is 11.9 Å². The lowest BCUT2D eigenvalue weighted by Gasteiger charge is -2.35. The standard InChI is InChI=1S/C19H19FN4S/c20-17-6-2-1-5-16(17)19-23-15(13-25-19)12-24-9-8-22-11-18(24)14-4-3-7-21-10-14/h1-7,10,13,18,22H,8-9,11-12H2. The Bertz CT molecular complexity index is 836. The number of rotatable bonds is 4. The van der Waals surface area contributed by atoms with Gasteiger partial charge >= 0.3 is 0 Å². The van der Waals surface area contributed by atoms with Crippen LogP contribution >= 0.6 is 11.3 Å². The highest BCUT2D eigenvalue weighted by Gasteiger charge is 2.24. The minimum atomic E-state index is -0.223. The molecule has 1 N–H and O–H groups in total. The van der Waals surface area contributed by atoms with Crippen molar-refractivity contribution in [2.45, 2.75) is 12.6 Å². The van der Waals surface area contributed by atoms with E-state index in [9.17, 15) is 4.39 Å². The zero-order chi connectivity index (χ0) is 17.1. The van der Waals surface area contributed by atoms with Crippen LogP contribution in [0.2, 0.25) is 0 Å². The second kappa shape index (κ2) is 7.39. The molecule has 0 spiro atoms. The van der Waals surface area contributed by atoms with Crippen LogP contribution in [0.1, 0.15) is 17.3 Å². The predicted octanol–water partition coefficient (Wildman–Crippen LogP) is 3.49. The van der Waals surface area contributed by atoms with Crippen LogP contribution in [0.25, 0.3) is 10.6 Å². The van der Waals surface area contributed by atoms with Crippen molar-refractivity contribution in [2.75, 3.05) is 19.6 Å². The number of halogens is 1. The first kappa shape index (κ1) is 16.3. The van der Waals surface area contributed by atoms with Crippen molar-refractivity contribution in [1.82, 2.24) is 20.2 Å². The molecule has 3 heterocycles. The number of aromatic nitrogens is 2. The van der Waals surface area contributed by atoms with Crippen LogP contribution in [0.15, 0.2) is 54.2 Å². The number of hydrogen-bond donors (Lipinski definition) is 1. The molecule has 1 fully saturated rings. The Morgan fingerprint density at radius 3 is 3.00 bits per heavy atom. The van der Waals surface area contributed by atoms with Gasteiger partial charge in [-0.3, -0.25) is 9.88 Å². The van der Waals surface area contributed by atoms with Crippen molar-refractivity contribution in [3.63, 3.8) is 0 Å². The van der Waals surface area contributed by atoms with E-state index in [2.05, 4.69) is 26.3 Å². The first-order chi connectivity index (χ1) is 12.3. The first-order valence-corrected chi connectivity index (χ1v) is 9.23. The minimum absolute atomic E-state index is 0.223. The highest BCUT2D eigenvalue weighted by Crippen LogP contribution is 2.28. The Morgan fingerprint density at radius 2 is 2.16 bits per heavy atom. The number of pyridine rings is 1. The lowest BCUT2D eigenvalue weighted by Crippen LogP contribution is -2.45. The zero-order valence-electron chi connectivity index (χ0n) is 13.7. The van der Waals surface area contributed by atoms with Crippen LogP contribution in [0, 0.1) is 5.82 Å². The van der Waals surface area contributed by atoms with Gasteiger partial charge in [0, 0.05) is 55.6 Å². The van der Waals surface area contributed by atoms with Gasteiger partial charge in [0.15, 0.2) is 0 Å². The second-order valence-electron chi connectivity index (χ2n) is 6.10. The van der Waals surface area contributed by atoms with Crippen molar-refractivity contribution in [3.05, 3.63) is 71.2 Å². The van der Waals surface area contributed by atoms with Crippen LogP contribution in [0.5, 0.6) is 0 Å². The lowest BCUT2D eigenvalue weighted by atomic mass is 10.1. The molecular weight excluding hydrogens is 335 g/mol. The molecule has 0 radical (unpaired) electrons. The van der Waals surface area contributed by atoms with Gasteiger partial charge in [-0.25, -0.2) is 9.37 Å². The number of benzene rings is 1. The van der Waals surface area contributed by atoms with E-state index in [0.29, 0.717) is 5.56 Å². The summed E-state index contributed by atoms with van der Waals surface area (Å²) in [5.41, 5.74) is 2.76. The van der Waals surface area contributed by atoms with Gasteiger partial charge in [0.2, 0.25) is 0 Å². The molecular formula is C19H19FN4S. The zero-order valence-corrected chi connectivity index (χ0v) is 14.5. The van der Waals surface area contributed by atoms with Gasteiger partial charge in [-0.2, -0.15) is 0 Å². The number of nitrogens with zero attached hydrogens (tertiary/aromatic N) is 3. The van der Waals surface area contributed by atoms with Gasteiger partial charge < -0.3 is 5.32 Å². The molecule has 0 amide bonds. The average Bonchev–Trinajstić information content (AvgIpc) is 3.11. The number of thiazole rings is 1. The average molecular weight is 354 g/mol. The summed E-state index contributed by atoms with van der Waals surface area (Å²) in [6.45, 7) is 3.56. The van der Waals surface area contributed by atoms with Gasteiger partial charge in [-0.15, -0.1) is 11.3 Å². The molecule has 6 heteroatoms. The molecule has 3 aromatic rings. The fraction of sp³-hybridized carbons (Fsp3) is 0.263. The Balaban J connectivity index is 1.54. The molecule has 0 aliphatic carbocycles. The van der Waals surface area contributed by atoms with Crippen LogP contribution in [0.4, 0.5) is 4.39 Å². The van der Waals surface area contributed by atoms with E-state index in [1.54, 1.807) is 18.3 Å². The molecule has 1 aromatic carbocycles. The maximum atomic E-state index is 14.0. The summed E-state index contributed by atoms with van der Waals surface area (Å²) in [6.07, 6.45) is 3.72. The summed E-state index contributed by atoms with van der Waals surface area (Å²) in [6, 6.07) is 11.2. The molecule has 2 aromatic heterocycles. The summed E-state index contributed by atoms with van der Waals surface area (Å²) in [4.78, 5) is 11.3. The third-order valence-electron chi connectivity index (χ3n) is 4.44. The normalized spacial score (nSPS) is 18.4. The minimum Gasteiger partial charge on any atom is -0.314 e. The fourth-order valence-electron chi connectivity index (χ4n) is 3.18. The van der Waals surface area contributed by atoms with Crippen molar-refractivity contribution < 1.29 is 4.39 Å². The van der Waals surface area contributed by atoms with Crippen LogP contribution in [0.3, 0.4) is 0 Å². The highest BCUT2D eigenvalue weighted by molar-refractivity contribution is 7.13. The first-order valence-electron chi connectivity index (χ1n) is 8.35.